The molecular formula is C14H21N3O2. The number of hydrogen-bond acceptors (Lipinski definition) is 4. The number of nitrogens with zero attached hydrogens (tertiary/aromatic N) is 2. The Morgan fingerprint density at radius 3 is 3.11 bits per heavy atom. The number of likely N-dealkylation sites (N-methyl/N-ethyl adjacent to an activating group) is 1. The molecule has 1 aliphatic heterocycles. The molecule has 2 aliphatic rings. The van der Waals surface area contributed by atoms with Crippen molar-refractivity contribution in [1.82, 2.24) is 15.4 Å². The van der Waals surface area contributed by atoms with E-state index < -0.39 is 0 Å². The molecule has 5 heteroatoms. The van der Waals surface area contributed by atoms with Crippen LogP contribution in [0.3, 0.4) is 0 Å². The summed E-state index contributed by atoms with van der Waals surface area (Å²) in [5.74, 6) is 1.25. The first-order valence-corrected chi connectivity index (χ1v) is 7.26. The number of rotatable bonds is 5. The molecule has 1 N–H and O–H groups in total. The molecular weight excluding hydrogens is 242 g/mol. The van der Waals surface area contributed by atoms with E-state index in [9.17, 15) is 4.79 Å². The average molecular weight is 263 g/mol. The van der Waals surface area contributed by atoms with Gasteiger partial charge in [0.05, 0.1) is 0 Å². The summed E-state index contributed by atoms with van der Waals surface area (Å²) < 4.78 is 5.20. The second-order valence-electron chi connectivity index (χ2n) is 5.52. The van der Waals surface area contributed by atoms with Crippen LogP contribution in [0.5, 0.6) is 0 Å². The summed E-state index contributed by atoms with van der Waals surface area (Å²) in [5, 5.41) is 6.84. The Labute approximate surface area is 113 Å². The summed E-state index contributed by atoms with van der Waals surface area (Å²) in [7, 11) is 0. The summed E-state index contributed by atoms with van der Waals surface area (Å²) in [5.41, 5.74) is 0.419. The Morgan fingerprint density at radius 2 is 2.37 bits per heavy atom. The van der Waals surface area contributed by atoms with Crippen molar-refractivity contribution in [3.8, 4) is 0 Å². The number of likely N-dealkylation sites (tertiary alicyclic amines) is 1. The van der Waals surface area contributed by atoms with Crippen molar-refractivity contribution < 1.29 is 9.32 Å². The maximum absolute atomic E-state index is 12.0. The third-order valence-electron chi connectivity index (χ3n) is 4.14. The Kier molecular flexibility index (Phi) is 3.55. The maximum Gasteiger partial charge on any atom is 0.273 e. The molecule has 1 aromatic heterocycles. The molecule has 1 amide bonds. The van der Waals surface area contributed by atoms with Gasteiger partial charge in [-0.05, 0) is 38.8 Å². The third-order valence-corrected chi connectivity index (χ3v) is 4.14. The van der Waals surface area contributed by atoms with E-state index in [-0.39, 0.29) is 5.91 Å². The zero-order valence-corrected chi connectivity index (χ0v) is 11.4. The Hall–Kier alpha value is -1.36. The van der Waals surface area contributed by atoms with Crippen molar-refractivity contribution >= 4 is 5.91 Å². The summed E-state index contributed by atoms with van der Waals surface area (Å²) in [4.78, 5) is 14.4. The minimum absolute atomic E-state index is 0.112. The predicted octanol–water partition coefficient (Wildman–Crippen LogP) is 1.77. The lowest BCUT2D eigenvalue weighted by molar-refractivity contribution is 0.0932. The van der Waals surface area contributed by atoms with Crippen molar-refractivity contribution in [2.75, 3.05) is 19.6 Å². The molecule has 2 heterocycles. The molecule has 5 nitrogen and oxygen atoms in total. The molecule has 1 aromatic rings. The van der Waals surface area contributed by atoms with Crippen molar-refractivity contribution in [3.05, 3.63) is 17.5 Å². The van der Waals surface area contributed by atoms with Crippen LogP contribution in [0.4, 0.5) is 0 Å². The molecule has 1 saturated carbocycles. The van der Waals surface area contributed by atoms with E-state index in [0.717, 1.165) is 31.7 Å². The first-order chi connectivity index (χ1) is 9.28. The van der Waals surface area contributed by atoms with E-state index in [1.165, 1.54) is 12.8 Å². The van der Waals surface area contributed by atoms with Gasteiger partial charge in [-0.25, -0.2) is 0 Å². The first-order valence-electron chi connectivity index (χ1n) is 7.26. The van der Waals surface area contributed by atoms with Gasteiger partial charge >= 0.3 is 0 Å². The van der Waals surface area contributed by atoms with Crippen LogP contribution in [0.25, 0.3) is 0 Å². The molecule has 0 aromatic carbocycles. The average Bonchev–Trinajstić information content (AvgIpc) is 3.00. The number of aromatic nitrogens is 1. The first kappa shape index (κ1) is 12.7. The van der Waals surface area contributed by atoms with Crippen molar-refractivity contribution in [2.45, 2.75) is 44.6 Å². The fourth-order valence-corrected chi connectivity index (χ4v) is 2.80. The van der Waals surface area contributed by atoms with Crippen LogP contribution < -0.4 is 5.32 Å². The lowest BCUT2D eigenvalue weighted by Crippen LogP contribution is -2.40. The van der Waals surface area contributed by atoms with Crippen LogP contribution in [0, 0.1) is 0 Å². The second-order valence-corrected chi connectivity index (χ2v) is 5.52. The van der Waals surface area contributed by atoms with Crippen LogP contribution in [-0.2, 0) is 0 Å². The van der Waals surface area contributed by atoms with Gasteiger partial charge in [-0.1, -0.05) is 12.1 Å². The second kappa shape index (κ2) is 5.33. The molecule has 1 aliphatic carbocycles. The van der Waals surface area contributed by atoms with Crippen LogP contribution in [0.1, 0.15) is 54.8 Å². The number of nitrogens with one attached hydrogen (secondary N) is 1. The highest BCUT2D eigenvalue weighted by Crippen LogP contribution is 2.40. The van der Waals surface area contributed by atoms with E-state index in [1.807, 2.05) is 0 Å². The number of carbonyl (C=O) groups is 1. The zero-order valence-electron chi connectivity index (χ0n) is 11.4. The fourth-order valence-electron chi connectivity index (χ4n) is 2.80. The van der Waals surface area contributed by atoms with Gasteiger partial charge in [-0.2, -0.15) is 0 Å². The Balaban J connectivity index is 1.52. The molecule has 0 bridgehead atoms. The molecule has 2 fully saturated rings. The minimum atomic E-state index is -0.112. The lowest BCUT2D eigenvalue weighted by Gasteiger charge is -2.22. The van der Waals surface area contributed by atoms with Crippen LogP contribution in [0.15, 0.2) is 10.6 Å². The summed E-state index contributed by atoms with van der Waals surface area (Å²) in [6, 6.07) is 2.27. The normalized spacial score (nSPS) is 23.7. The van der Waals surface area contributed by atoms with Crippen LogP contribution in [-0.4, -0.2) is 41.6 Å². The summed E-state index contributed by atoms with van der Waals surface area (Å²) in [6.07, 6.45) is 4.71. The molecule has 3 rings (SSSR count). The van der Waals surface area contributed by atoms with Crippen LogP contribution >= 0.6 is 0 Å². The van der Waals surface area contributed by atoms with E-state index in [1.54, 1.807) is 6.07 Å². The number of carbonyl (C=O) groups excluding carboxylic acids is 1. The van der Waals surface area contributed by atoms with E-state index in [2.05, 4.69) is 22.3 Å². The van der Waals surface area contributed by atoms with Gasteiger partial charge in [0.15, 0.2) is 5.69 Å². The summed E-state index contributed by atoms with van der Waals surface area (Å²) >= 11 is 0. The molecule has 0 radical (unpaired) electrons. The van der Waals surface area contributed by atoms with E-state index >= 15 is 0 Å². The number of hydrogen-bond donors (Lipinski definition) is 1. The molecule has 19 heavy (non-hydrogen) atoms. The maximum atomic E-state index is 12.0. The zero-order chi connectivity index (χ0) is 13.2. The van der Waals surface area contributed by atoms with Gasteiger partial charge in [-0.3, -0.25) is 9.69 Å². The predicted molar refractivity (Wildman–Crippen MR) is 71.1 cm³/mol. The highest BCUT2D eigenvalue weighted by Gasteiger charge is 2.29. The fraction of sp³-hybridized carbons (Fsp3) is 0.714. The Morgan fingerprint density at radius 1 is 1.53 bits per heavy atom. The molecule has 0 unspecified atom stereocenters. The highest BCUT2D eigenvalue weighted by molar-refractivity contribution is 5.92. The molecule has 1 saturated heterocycles. The Bertz CT molecular complexity index is 453. The SMILES string of the molecule is CCN1CCC[C@@H]1CNC(=O)c1cc(C2CC2)on1. The van der Waals surface area contributed by atoms with E-state index in [0.29, 0.717) is 24.2 Å². The van der Waals surface area contributed by atoms with E-state index in [4.69, 9.17) is 4.52 Å². The molecule has 1 atom stereocenters. The quantitative estimate of drug-likeness (QED) is 0.879. The summed E-state index contributed by atoms with van der Waals surface area (Å²) in [6.45, 7) is 5.07. The minimum Gasteiger partial charge on any atom is -0.360 e. The smallest absolute Gasteiger partial charge is 0.273 e. The van der Waals surface area contributed by atoms with Gasteiger partial charge in [-0.15, -0.1) is 0 Å². The monoisotopic (exact) mass is 263 g/mol. The standard InChI is InChI=1S/C14H21N3O2/c1-2-17-7-3-4-11(17)9-15-14(18)12-8-13(19-16-12)10-5-6-10/h8,10-11H,2-7,9H2,1H3,(H,15,18)/t11-/m1/s1. The van der Waals surface area contributed by atoms with Crippen molar-refractivity contribution in [3.63, 3.8) is 0 Å². The molecule has 0 spiro atoms. The highest BCUT2D eigenvalue weighted by atomic mass is 16.5. The topological polar surface area (TPSA) is 58.4 Å². The third kappa shape index (κ3) is 2.81. The van der Waals surface area contributed by atoms with Crippen LogP contribution in [0.2, 0.25) is 0 Å². The number of amides is 1. The van der Waals surface area contributed by atoms with Gasteiger partial charge in [0.1, 0.15) is 5.76 Å². The van der Waals surface area contributed by atoms with Crippen molar-refractivity contribution in [1.29, 1.82) is 0 Å². The van der Waals surface area contributed by atoms with Gasteiger partial charge < -0.3 is 9.84 Å². The van der Waals surface area contributed by atoms with Crippen molar-refractivity contribution in [2.24, 2.45) is 0 Å². The van der Waals surface area contributed by atoms with Gasteiger partial charge in [0.2, 0.25) is 0 Å². The van der Waals surface area contributed by atoms with Gasteiger partial charge in [0, 0.05) is 24.6 Å². The lowest BCUT2D eigenvalue weighted by atomic mass is 10.2. The molecule has 104 valence electrons. The largest absolute Gasteiger partial charge is 0.360 e. The van der Waals surface area contributed by atoms with Gasteiger partial charge in [0.25, 0.3) is 5.91 Å².